The van der Waals surface area contributed by atoms with Gasteiger partial charge in [-0.05, 0) is 12.1 Å². The third-order valence-electron chi connectivity index (χ3n) is 3.33. The second-order valence-electron chi connectivity index (χ2n) is 4.70. The minimum Gasteiger partial charge on any atom is -0.495 e. The van der Waals surface area contributed by atoms with Gasteiger partial charge in [-0.15, -0.1) is 0 Å². The molecule has 8 heteroatoms. The van der Waals surface area contributed by atoms with Gasteiger partial charge in [0.1, 0.15) is 22.9 Å². The van der Waals surface area contributed by atoms with Crippen LogP contribution in [-0.2, 0) is 0 Å². The highest BCUT2D eigenvalue weighted by molar-refractivity contribution is 5.94. The van der Waals surface area contributed by atoms with E-state index in [0.717, 1.165) is 5.69 Å². The van der Waals surface area contributed by atoms with Crippen LogP contribution in [-0.4, -0.2) is 39.8 Å². The molecule has 0 saturated carbocycles. The topological polar surface area (TPSA) is 101 Å². The minimum absolute atomic E-state index is 0.0326. The van der Waals surface area contributed by atoms with E-state index in [1.165, 1.54) is 10.7 Å². The van der Waals surface area contributed by atoms with Crippen LogP contribution in [0.2, 0.25) is 0 Å². The fourth-order valence-corrected chi connectivity index (χ4v) is 2.24. The molecular weight excluding hydrogens is 298 g/mol. The maximum atomic E-state index is 11.3. The van der Waals surface area contributed by atoms with Gasteiger partial charge in [0, 0.05) is 13.1 Å². The number of ether oxygens (including phenoxy) is 1. The lowest BCUT2D eigenvalue weighted by atomic mass is 10.3. The minimum atomic E-state index is -1.08. The molecule has 0 saturated heterocycles. The molecule has 0 aliphatic rings. The molecule has 8 nitrogen and oxygen atoms in total. The summed E-state index contributed by atoms with van der Waals surface area (Å²) >= 11 is 0. The zero-order valence-electron chi connectivity index (χ0n) is 12.6. The summed E-state index contributed by atoms with van der Waals surface area (Å²) in [5.41, 5.74) is 1.01. The molecule has 2 aromatic heterocycles. The molecule has 1 aromatic carbocycles. The van der Waals surface area contributed by atoms with Crippen LogP contribution in [0.15, 0.2) is 36.5 Å². The number of fused-ring (bicyclic) bond motifs is 1. The molecule has 0 spiro atoms. The maximum absolute atomic E-state index is 11.3. The standard InChI is InChI=1S/C15H15N5O3/c1-16-13-7-12(18-10-5-3-4-6-11(10)23-2)19-14-9(15(21)22)8-17-20(13)14/h3-8,16H,1-2H3,(H,18,19)(H,21,22). The highest BCUT2D eigenvalue weighted by Crippen LogP contribution is 2.28. The smallest absolute Gasteiger partial charge is 0.341 e. The molecule has 23 heavy (non-hydrogen) atoms. The van der Waals surface area contributed by atoms with Crippen molar-refractivity contribution in [1.82, 2.24) is 14.6 Å². The summed E-state index contributed by atoms with van der Waals surface area (Å²) in [6.45, 7) is 0. The van der Waals surface area contributed by atoms with E-state index in [9.17, 15) is 9.90 Å². The third-order valence-corrected chi connectivity index (χ3v) is 3.33. The third kappa shape index (κ3) is 2.61. The summed E-state index contributed by atoms with van der Waals surface area (Å²) in [5, 5.41) is 19.4. The quantitative estimate of drug-likeness (QED) is 0.664. The number of hydrogen-bond acceptors (Lipinski definition) is 6. The number of methoxy groups -OCH3 is 1. The number of nitrogens with zero attached hydrogens (tertiary/aromatic N) is 3. The van der Waals surface area contributed by atoms with Crippen molar-refractivity contribution >= 4 is 28.9 Å². The van der Waals surface area contributed by atoms with Gasteiger partial charge in [0.25, 0.3) is 0 Å². The fraction of sp³-hybridized carbons (Fsp3) is 0.133. The second-order valence-corrected chi connectivity index (χ2v) is 4.70. The van der Waals surface area contributed by atoms with Crippen LogP contribution in [0.3, 0.4) is 0 Å². The molecule has 3 aromatic rings. The average Bonchev–Trinajstić information content (AvgIpc) is 2.98. The van der Waals surface area contributed by atoms with Crippen LogP contribution in [0, 0.1) is 0 Å². The number of hydrogen-bond donors (Lipinski definition) is 3. The molecule has 0 radical (unpaired) electrons. The number of carboxylic acid groups (broad SMARTS) is 1. The van der Waals surface area contributed by atoms with Gasteiger partial charge >= 0.3 is 5.97 Å². The Kier molecular flexibility index (Phi) is 3.71. The first-order valence-electron chi connectivity index (χ1n) is 6.84. The van der Waals surface area contributed by atoms with Gasteiger partial charge in [0.05, 0.1) is 19.0 Å². The molecular formula is C15H15N5O3. The first kappa shape index (κ1) is 14.6. The Morgan fingerprint density at radius 2 is 2.13 bits per heavy atom. The van der Waals surface area contributed by atoms with Crippen LogP contribution in [0.25, 0.3) is 5.65 Å². The Bertz CT molecular complexity index is 875. The van der Waals surface area contributed by atoms with Gasteiger partial charge in [0.2, 0.25) is 0 Å². The van der Waals surface area contributed by atoms with Crippen molar-refractivity contribution in [2.75, 3.05) is 24.8 Å². The summed E-state index contributed by atoms with van der Waals surface area (Å²) in [6, 6.07) is 9.13. The fourth-order valence-electron chi connectivity index (χ4n) is 2.24. The van der Waals surface area contributed by atoms with Crippen molar-refractivity contribution in [2.24, 2.45) is 0 Å². The average molecular weight is 313 g/mol. The Balaban J connectivity index is 2.10. The number of benzene rings is 1. The Morgan fingerprint density at radius 1 is 1.35 bits per heavy atom. The number of aromatic carboxylic acids is 1. The highest BCUT2D eigenvalue weighted by atomic mass is 16.5. The molecule has 3 N–H and O–H groups in total. The van der Waals surface area contributed by atoms with E-state index >= 15 is 0 Å². The van der Waals surface area contributed by atoms with Crippen LogP contribution < -0.4 is 15.4 Å². The SMILES string of the molecule is CNc1cc(Nc2ccccc2OC)nc2c(C(=O)O)cnn12. The van der Waals surface area contributed by atoms with E-state index in [1.807, 2.05) is 24.3 Å². The van der Waals surface area contributed by atoms with Crippen molar-refractivity contribution in [1.29, 1.82) is 0 Å². The predicted molar refractivity (Wildman–Crippen MR) is 85.8 cm³/mol. The van der Waals surface area contributed by atoms with Crippen LogP contribution in [0.5, 0.6) is 5.75 Å². The van der Waals surface area contributed by atoms with Gasteiger partial charge in [-0.1, -0.05) is 12.1 Å². The number of anilines is 3. The first-order chi connectivity index (χ1) is 11.1. The van der Waals surface area contributed by atoms with Crippen LogP contribution in [0.1, 0.15) is 10.4 Å². The van der Waals surface area contributed by atoms with E-state index in [-0.39, 0.29) is 11.2 Å². The van der Waals surface area contributed by atoms with E-state index < -0.39 is 5.97 Å². The lowest BCUT2D eigenvalue weighted by molar-refractivity contribution is 0.0699. The Labute approximate surface area is 131 Å². The van der Waals surface area contributed by atoms with Crippen molar-refractivity contribution < 1.29 is 14.6 Å². The zero-order valence-corrected chi connectivity index (χ0v) is 12.6. The number of para-hydroxylation sites is 2. The molecule has 0 aliphatic heterocycles. The van der Waals surface area contributed by atoms with E-state index in [0.29, 0.717) is 17.4 Å². The van der Waals surface area contributed by atoms with Crippen molar-refractivity contribution in [3.05, 3.63) is 42.1 Å². The monoisotopic (exact) mass is 313 g/mol. The van der Waals surface area contributed by atoms with Gasteiger partial charge in [-0.3, -0.25) is 0 Å². The number of rotatable bonds is 5. The van der Waals surface area contributed by atoms with Gasteiger partial charge in [0.15, 0.2) is 5.65 Å². The normalized spacial score (nSPS) is 10.5. The number of carbonyl (C=O) groups is 1. The molecule has 0 amide bonds. The van der Waals surface area contributed by atoms with Crippen molar-refractivity contribution in [2.45, 2.75) is 0 Å². The van der Waals surface area contributed by atoms with E-state index in [1.54, 1.807) is 20.2 Å². The molecule has 3 rings (SSSR count). The number of aromatic nitrogens is 3. The number of nitrogens with one attached hydrogen (secondary N) is 2. The summed E-state index contributed by atoms with van der Waals surface area (Å²) in [6.07, 6.45) is 1.28. The molecule has 0 aliphatic carbocycles. The predicted octanol–water partition coefficient (Wildman–Crippen LogP) is 2.22. The molecule has 2 heterocycles. The molecule has 118 valence electrons. The van der Waals surface area contributed by atoms with Crippen LogP contribution in [0.4, 0.5) is 17.3 Å². The maximum Gasteiger partial charge on any atom is 0.341 e. The van der Waals surface area contributed by atoms with E-state index in [4.69, 9.17) is 4.74 Å². The second kappa shape index (κ2) is 5.84. The Morgan fingerprint density at radius 3 is 2.83 bits per heavy atom. The lowest BCUT2D eigenvalue weighted by Crippen LogP contribution is -2.06. The van der Waals surface area contributed by atoms with Crippen molar-refractivity contribution in [3.8, 4) is 5.75 Å². The summed E-state index contributed by atoms with van der Waals surface area (Å²) in [5.74, 6) is 0.672. The van der Waals surface area contributed by atoms with Gasteiger partial charge in [-0.2, -0.15) is 9.61 Å². The van der Waals surface area contributed by atoms with E-state index in [2.05, 4.69) is 20.7 Å². The Hall–Kier alpha value is -3.29. The highest BCUT2D eigenvalue weighted by Gasteiger charge is 2.16. The summed E-state index contributed by atoms with van der Waals surface area (Å²) in [7, 11) is 3.31. The largest absolute Gasteiger partial charge is 0.495 e. The molecule has 0 atom stereocenters. The molecule has 0 fully saturated rings. The lowest BCUT2D eigenvalue weighted by Gasteiger charge is -2.12. The van der Waals surface area contributed by atoms with Crippen molar-refractivity contribution in [3.63, 3.8) is 0 Å². The van der Waals surface area contributed by atoms with Gasteiger partial charge in [-0.25, -0.2) is 9.78 Å². The molecule has 0 unspecified atom stereocenters. The zero-order chi connectivity index (χ0) is 16.4. The summed E-state index contributed by atoms with van der Waals surface area (Å²) in [4.78, 5) is 15.6. The molecule has 0 bridgehead atoms. The summed E-state index contributed by atoms with van der Waals surface area (Å²) < 4.78 is 6.73. The number of carboxylic acids is 1. The van der Waals surface area contributed by atoms with Crippen LogP contribution >= 0.6 is 0 Å². The van der Waals surface area contributed by atoms with Gasteiger partial charge < -0.3 is 20.5 Å². The first-order valence-corrected chi connectivity index (χ1v) is 6.84.